The van der Waals surface area contributed by atoms with Crippen molar-refractivity contribution < 1.29 is 4.79 Å². The lowest BCUT2D eigenvalue weighted by Gasteiger charge is -2.61. The van der Waals surface area contributed by atoms with Crippen LogP contribution in [0.1, 0.15) is 58.8 Å². The first kappa shape index (κ1) is 15.3. The molecule has 1 amide bonds. The predicted octanol–water partition coefficient (Wildman–Crippen LogP) is 3.12. The minimum atomic E-state index is -0.0984. The minimum absolute atomic E-state index is 0.0984. The molecular weight excluding hydrogens is 280 g/mol. The second-order valence-electron chi connectivity index (χ2n) is 8.25. The lowest BCUT2D eigenvalue weighted by Crippen LogP contribution is -2.58. The fraction of sp³-hybridized carbons (Fsp3) is 0.882. The standard InChI is InChI=1S/C17H28N2OS/c1-3-4-19(10-14(18)21)15(20)17-8-12-5-13(9-17)7-16(2,6-12)11-17/h12-13H,3-11H2,1-2H3,(H2,18,21). The summed E-state index contributed by atoms with van der Waals surface area (Å²) in [4.78, 5) is 15.7. The molecule has 4 bridgehead atoms. The summed E-state index contributed by atoms with van der Waals surface area (Å²) in [5, 5.41) is 0. The number of hydrogen-bond acceptors (Lipinski definition) is 2. The fourth-order valence-electron chi connectivity index (χ4n) is 6.02. The Morgan fingerprint density at radius 3 is 2.38 bits per heavy atom. The number of carbonyl (C=O) groups is 1. The van der Waals surface area contributed by atoms with Gasteiger partial charge in [-0.15, -0.1) is 0 Å². The molecule has 4 rings (SSSR count). The Balaban J connectivity index is 1.84. The number of carbonyl (C=O) groups excluding carboxylic acids is 1. The van der Waals surface area contributed by atoms with E-state index >= 15 is 0 Å². The van der Waals surface area contributed by atoms with Crippen molar-refractivity contribution in [1.82, 2.24) is 4.90 Å². The van der Waals surface area contributed by atoms with E-state index in [9.17, 15) is 4.79 Å². The molecule has 0 heterocycles. The van der Waals surface area contributed by atoms with Crippen molar-refractivity contribution in [3.8, 4) is 0 Å². The van der Waals surface area contributed by atoms with Gasteiger partial charge in [0.05, 0.1) is 16.9 Å². The molecule has 0 saturated heterocycles. The van der Waals surface area contributed by atoms with Crippen LogP contribution in [-0.4, -0.2) is 28.9 Å². The summed E-state index contributed by atoms with van der Waals surface area (Å²) in [5.74, 6) is 1.89. The highest BCUT2D eigenvalue weighted by Crippen LogP contribution is 2.65. The summed E-state index contributed by atoms with van der Waals surface area (Å²) in [7, 11) is 0. The molecule has 2 N–H and O–H groups in total. The quantitative estimate of drug-likeness (QED) is 0.794. The molecule has 0 aromatic rings. The first-order valence-corrected chi connectivity index (χ1v) is 8.84. The highest BCUT2D eigenvalue weighted by Gasteiger charge is 2.59. The van der Waals surface area contributed by atoms with E-state index in [1.54, 1.807) is 0 Å². The van der Waals surface area contributed by atoms with E-state index in [0.717, 1.165) is 44.1 Å². The number of amides is 1. The van der Waals surface area contributed by atoms with Crippen LogP contribution < -0.4 is 5.73 Å². The Hall–Kier alpha value is -0.640. The van der Waals surface area contributed by atoms with Crippen LogP contribution >= 0.6 is 12.2 Å². The zero-order chi connectivity index (χ0) is 15.3. The molecule has 4 aliphatic rings. The molecule has 4 fully saturated rings. The minimum Gasteiger partial charge on any atom is -0.392 e. The average molecular weight is 308 g/mol. The topological polar surface area (TPSA) is 46.3 Å². The third-order valence-electron chi connectivity index (χ3n) is 5.93. The number of nitrogens with two attached hydrogens (primary N) is 1. The van der Waals surface area contributed by atoms with Crippen molar-refractivity contribution in [2.24, 2.45) is 28.4 Å². The molecule has 0 spiro atoms. The zero-order valence-corrected chi connectivity index (χ0v) is 14.2. The van der Waals surface area contributed by atoms with Gasteiger partial charge in [0, 0.05) is 6.54 Å². The van der Waals surface area contributed by atoms with Crippen LogP contribution in [0.4, 0.5) is 0 Å². The maximum absolute atomic E-state index is 13.3. The average Bonchev–Trinajstić information content (AvgIpc) is 2.33. The lowest BCUT2D eigenvalue weighted by molar-refractivity contribution is -0.165. The Labute approximate surface area is 133 Å². The summed E-state index contributed by atoms with van der Waals surface area (Å²) in [5.41, 5.74) is 6.02. The van der Waals surface area contributed by atoms with E-state index in [1.165, 1.54) is 19.3 Å². The van der Waals surface area contributed by atoms with E-state index in [1.807, 2.05) is 4.90 Å². The molecule has 3 nitrogen and oxygen atoms in total. The van der Waals surface area contributed by atoms with Gasteiger partial charge >= 0.3 is 0 Å². The SMILES string of the molecule is CCCN(CC(N)=S)C(=O)C12CC3CC(CC(C)(C3)C1)C2. The first-order valence-electron chi connectivity index (χ1n) is 8.43. The number of rotatable bonds is 5. The maximum Gasteiger partial charge on any atom is 0.229 e. The van der Waals surface area contributed by atoms with Crippen LogP contribution in [-0.2, 0) is 4.79 Å². The molecule has 118 valence electrons. The molecule has 4 saturated carbocycles. The van der Waals surface area contributed by atoms with Gasteiger partial charge in [0.2, 0.25) is 5.91 Å². The summed E-state index contributed by atoms with van der Waals surface area (Å²) < 4.78 is 0. The van der Waals surface area contributed by atoms with Crippen molar-refractivity contribution >= 4 is 23.1 Å². The van der Waals surface area contributed by atoms with Gasteiger partial charge < -0.3 is 10.6 Å². The van der Waals surface area contributed by atoms with Crippen molar-refractivity contribution in [1.29, 1.82) is 0 Å². The Bertz CT molecular complexity index is 448. The molecule has 2 atom stereocenters. The van der Waals surface area contributed by atoms with E-state index in [2.05, 4.69) is 13.8 Å². The van der Waals surface area contributed by atoms with Gasteiger partial charge in [-0.05, 0) is 62.2 Å². The monoisotopic (exact) mass is 308 g/mol. The van der Waals surface area contributed by atoms with E-state index in [-0.39, 0.29) is 5.41 Å². The molecule has 0 aromatic carbocycles. The highest BCUT2D eigenvalue weighted by atomic mass is 32.1. The summed E-state index contributed by atoms with van der Waals surface area (Å²) in [6.45, 7) is 5.75. The van der Waals surface area contributed by atoms with Crippen molar-refractivity contribution in [3.05, 3.63) is 0 Å². The second kappa shape index (κ2) is 5.22. The largest absolute Gasteiger partial charge is 0.392 e. The smallest absolute Gasteiger partial charge is 0.229 e. The maximum atomic E-state index is 13.3. The van der Waals surface area contributed by atoms with Crippen LogP contribution in [0.5, 0.6) is 0 Å². The normalized spacial score (nSPS) is 40.3. The van der Waals surface area contributed by atoms with Gasteiger partial charge in [-0.25, -0.2) is 0 Å². The van der Waals surface area contributed by atoms with Gasteiger partial charge in [0.1, 0.15) is 0 Å². The highest BCUT2D eigenvalue weighted by molar-refractivity contribution is 7.80. The van der Waals surface area contributed by atoms with Crippen molar-refractivity contribution in [2.45, 2.75) is 58.8 Å². The van der Waals surface area contributed by atoms with E-state index in [4.69, 9.17) is 18.0 Å². The predicted molar refractivity (Wildman–Crippen MR) is 88.9 cm³/mol. The van der Waals surface area contributed by atoms with Crippen molar-refractivity contribution in [3.63, 3.8) is 0 Å². The van der Waals surface area contributed by atoms with Gasteiger partial charge in [-0.2, -0.15) is 0 Å². The molecule has 0 radical (unpaired) electrons. The van der Waals surface area contributed by atoms with E-state index in [0.29, 0.717) is 22.9 Å². The van der Waals surface area contributed by atoms with Crippen molar-refractivity contribution in [2.75, 3.05) is 13.1 Å². The molecule has 4 aliphatic carbocycles. The van der Waals surface area contributed by atoms with Crippen LogP contribution in [0.3, 0.4) is 0 Å². The zero-order valence-electron chi connectivity index (χ0n) is 13.4. The van der Waals surface area contributed by atoms with Gasteiger partial charge in [0.25, 0.3) is 0 Å². The lowest BCUT2D eigenvalue weighted by atomic mass is 9.44. The third kappa shape index (κ3) is 2.71. The summed E-state index contributed by atoms with van der Waals surface area (Å²) >= 11 is 5.05. The van der Waals surface area contributed by atoms with Crippen LogP contribution in [0.25, 0.3) is 0 Å². The molecule has 0 aliphatic heterocycles. The third-order valence-corrected chi connectivity index (χ3v) is 6.06. The summed E-state index contributed by atoms with van der Waals surface area (Å²) in [6, 6.07) is 0. The Morgan fingerprint density at radius 1 is 1.29 bits per heavy atom. The Kier molecular flexibility index (Phi) is 3.79. The van der Waals surface area contributed by atoms with Gasteiger partial charge in [0.15, 0.2) is 0 Å². The van der Waals surface area contributed by atoms with Crippen LogP contribution in [0, 0.1) is 22.7 Å². The van der Waals surface area contributed by atoms with Gasteiger partial charge in [-0.1, -0.05) is 26.1 Å². The van der Waals surface area contributed by atoms with Gasteiger partial charge in [-0.3, -0.25) is 4.79 Å². The number of nitrogens with zero attached hydrogens (tertiary/aromatic N) is 1. The van der Waals surface area contributed by atoms with E-state index < -0.39 is 0 Å². The molecule has 4 heteroatoms. The number of hydrogen-bond donors (Lipinski definition) is 1. The Morgan fingerprint density at radius 2 is 1.90 bits per heavy atom. The molecular formula is C17H28N2OS. The van der Waals surface area contributed by atoms with Crippen LogP contribution in [0.2, 0.25) is 0 Å². The fourth-order valence-corrected chi connectivity index (χ4v) is 6.17. The summed E-state index contributed by atoms with van der Waals surface area (Å²) in [6.07, 6.45) is 8.29. The molecule has 2 unspecified atom stereocenters. The van der Waals surface area contributed by atoms with Crippen LogP contribution in [0.15, 0.2) is 0 Å². The molecule has 21 heavy (non-hydrogen) atoms. The first-order chi connectivity index (χ1) is 9.86. The second-order valence-corrected chi connectivity index (χ2v) is 8.77. The molecule has 0 aromatic heterocycles. The number of thiocarbonyl (C=S) groups is 1.